The van der Waals surface area contributed by atoms with Gasteiger partial charge in [0.25, 0.3) is 0 Å². The van der Waals surface area contributed by atoms with Gasteiger partial charge in [0, 0.05) is 18.2 Å². The highest BCUT2D eigenvalue weighted by Gasteiger charge is 2.26. The third-order valence-corrected chi connectivity index (χ3v) is 3.51. The lowest BCUT2D eigenvalue weighted by atomic mass is 9.97. The van der Waals surface area contributed by atoms with Crippen LogP contribution in [-0.4, -0.2) is 41.1 Å². The van der Waals surface area contributed by atoms with E-state index in [4.69, 9.17) is 10.3 Å². The zero-order valence-electron chi connectivity index (χ0n) is 12.0. The Labute approximate surface area is 125 Å². The van der Waals surface area contributed by atoms with Crippen LogP contribution in [-0.2, 0) is 4.79 Å². The number of hydrogen-bond acceptors (Lipinski definition) is 5. The number of nitrogens with two attached hydrogens (primary N) is 1. The van der Waals surface area contributed by atoms with Gasteiger partial charge >= 0.3 is 0 Å². The highest BCUT2D eigenvalue weighted by Crippen LogP contribution is 2.18. The second kappa shape index (κ2) is 7.61. The van der Waals surface area contributed by atoms with Gasteiger partial charge in [-0.15, -0.1) is 12.4 Å². The highest BCUT2D eigenvalue weighted by molar-refractivity contribution is 5.91. The van der Waals surface area contributed by atoms with E-state index in [1.54, 1.807) is 13.0 Å². The molecule has 1 aliphatic rings. The molecule has 1 aliphatic heterocycles. The summed E-state index contributed by atoms with van der Waals surface area (Å²) in [6.07, 6.45) is 3.38. The average Bonchev–Trinajstić information content (AvgIpc) is 2.75. The van der Waals surface area contributed by atoms with E-state index in [1.165, 1.54) is 6.42 Å². The lowest BCUT2D eigenvalue weighted by Gasteiger charge is -2.37. The third-order valence-electron chi connectivity index (χ3n) is 3.51. The van der Waals surface area contributed by atoms with Crippen molar-refractivity contribution in [2.45, 2.75) is 45.2 Å². The fraction of sp³-hybridized carbons (Fsp3) is 0.692. The summed E-state index contributed by atoms with van der Waals surface area (Å²) in [6.45, 7) is 5.08. The van der Waals surface area contributed by atoms with Crippen LogP contribution in [0.5, 0.6) is 0 Å². The maximum atomic E-state index is 12.0. The number of hydrogen-bond donors (Lipinski definition) is 2. The number of nitrogens with one attached hydrogen (secondary N) is 1. The molecule has 2 rings (SSSR count). The second-order valence-corrected chi connectivity index (χ2v) is 5.26. The Hall–Kier alpha value is -1.11. The number of piperidine rings is 1. The Morgan fingerprint density at radius 1 is 1.65 bits per heavy atom. The molecule has 0 aromatic carbocycles. The van der Waals surface area contributed by atoms with Crippen molar-refractivity contribution in [2.24, 2.45) is 5.73 Å². The van der Waals surface area contributed by atoms with Gasteiger partial charge in [-0.2, -0.15) is 0 Å². The van der Waals surface area contributed by atoms with E-state index in [2.05, 4.69) is 15.4 Å². The van der Waals surface area contributed by atoms with Crippen LogP contribution in [0.15, 0.2) is 10.6 Å². The van der Waals surface area contributed by atoms with E-state index in [1.807, 2.05) is 6.92 Å². The smallest absolute Gasteiger partial charge is 0.239 e. The first-order valence-electron chi connectivity index (χ1n) is 6.79. The fourth-order valence-corrected chi connectivity index (χ4v) is 2.60. The van der Waals surface area contributed by atoms with E-state index in [0.29, 0.717) is 24.2 Å². The largest absolute Gasteiger partial charge is 0.360 e. The van der Waals surface area contributed by atoms with Crippen LogP contribution in [0, 0.1) is 6.92 Å². The van der Waals surface area contributed by atoms with Crippen LogP contribution in [0.3, 0.4) is 0 Å². The Balaban J connectivity index is 0.00000200. The molecule has 3 N–H and O–H groups in total. The molecule has 0 spiro atoms. The number of likely N-dealkylation sites (tertiary alicyclic amines) is 1. The molecule has 0 bridgehead atoms. The molecule has 0 radical (unpaired) electrons. The molecular weight excluding hydrogens is 280 g/mol. The standard InChI is InChI=1S/C13H22N4O2.ClH/c1-9-7-12(16-19-9)15-13(18)8-17-6-4-3-5-11(17)10(2)14;/h7,10-11H,3-6,8,14H2,1-2H3,(H,15,16,18);1H. The number of rotatable bonds is 4. The summed E-state index contributed by atoms with van der Waals surface area (Å²) in [4.78, 5) is 14.1. The first-order chi connectivity index (χ1) is 9.06. The van der Waals surface area contributed by atoms with E-state index < -0.39 is 0 Å². The Kier molecular flexibility index (Phi) is 6.45. The second-order valence-electron chi connectivity index (χ2n) is 5.26. The van der Waals surface area contributed by atoms with Gasteiger partial charge in [-0.05, 0) is 33.2 Å². The molecule has 6 nitrogen and oxygen atoms in total. The zero-order valence-corrected chi connectivity index (χ0v) is 12.8. The summed E-state index contributed by atoms with van der Waals surface area (Å²) in [6, 6.07) is 2.08. The van der Waals surface area contributed by atoms with Crippen molar-refractivity contribution in [2.75, 3.05) is 18.4 Å². The molecule has 20 heavy (non-hydrogen) atoms. The molecule has 1 fully saturated rings. The number of aryl methyl sites for hydroxylation is 1. The molecule has 7 heteroatoms. The minimum Gasteiger partial charge on any atom is -0.360 e. The average molecular weight is 303 g/mol. The van der Waals surface area contributed by atoms with Gasteiger partial charge in [-0.1, -0.05) is 11.6 Å². The van der Waals surface area contributed by atoms with Gasteiger partial charge in [0.1, 0.15) is 5.76 Å². The maximum absolute atomic E-state index is 12.0. The predicted molar refractivity (Wildman–Crippen MR) is 80.0 cm³/mol. The molecule has 114 valence electrons. The number of carbonyl (C=O) groups is 1. The molecule has 2 heterocycles. The monoisotopic (exact) mass is 302 g/mol. The quantitative estimate of drug-likeness (QED) is 0.881. The summed E-state index contributed by atoms with van der Waals surface area (Å²) < 4.78 is 4.92. The summed E-state index contributed by atoms with van der Waals surface area (Å²) in [7, 11) is 0. The summed E-state index contributed by atoms with van der Waals surface area (Å²) in [5.74, 6) is 1.08. The molecule has 1 aromatic rings. The lowest BCUT2D eigenvalue weighted by Crippen LogP contribution is -2.51. The number of anilines is 1. The topological polar surface area (TPSA) is 84.4 Å². The molecule has 1 amide bonds. The summed E-state index contributed by atoms with van der Waals surface area (Å²) >= 11 is 0. The van der Waals surface area contributed by atoms with Gasteiger partial charge in [0.2, 0.25) is 5.91 Å². The van der Waals surface area contributed by atoms with Crippen LogP contribution < -0.4 is 11.1 Å². The molecule has 2 unspecified atom stereocenters. The number of halogens is 1. The van der Waals surface area contributed by atoms with Gasteiger partial charge in [-0.25, -0.2) is 0 Å². The summed E-state index contributed by atoms with van der Waals surface area (Å²) in [5.41, 5.74) is 5.99. The molecule has 0 saturated carbocycles. The van der Waals surface area contributed by atoms with Gasteiger partial charge < -0.3 is 15.6 Å². The molecule has 0 aliphatic carbocycles. The minimum absolute atomic E-state index is 0. The number of amides is 1. The predicted octanol–water partition coefficient (Wildman–Crippen LogP) is 1.55. The van der Waals surface area contributed by atoms with Crippen LogP contribution in [0.1, 0.15) is 31.9 Å². The number of aromatic nitrogens is 1. The maximum Gasteiger partial charge on any atom is 0.239 e. The molecule has 1 saturated heterocycles. The van der Waals surface area contributed by atoms with Crippen molar-refractivity contribution in [1.82, 2.24) is 10.1 Å². The van der Waals surface area contributed by atoms with Crippen molar-refractivity contribution in [3.05, 3.63) is 11.8 Å². The molecule has 1 aromatic heterocycles. The minimum atomic E-state index is -0.0687. The number of carbonyl (C=O) groups excluding carboxylic acids is 1. The van der Waals surface area contributed by atoms with Gasteiger partial charge in [-0.3, -0.25) is 9.69 Å². The zero-order chi connectivity index (χ0) is 13.8. The van der Waals surface area contributed by atoms with E-state index in [-0.39, 0.29) is 24.4 Å². The number of nitrogens with zero attached hydrogens (tertiary/aromatic N) is 2. The lowest BCUT2D eigenvalue weighted by molar-refractivity contribution is -0.118. The Morgan fingerprint density at radius 3 is 3.00 bits per heavy atom. The highest BCUT2D eigenvalue weighted by atomic mass is 35.5. The molecular formula is C13H23ClN4O2. The third kappa shape index (κ3) is 4.47. The first-order valence-corrected chi connectivity index (χ1v) is 6.79. The van der Waals surface area contributed by atoms with Crippen molar-refractivity contribution < 1.29 is 9.32 Å². The SMILES string of the molecule is Cc1cc(NC(=O)CN2CCCCC2C(C)N)no1.Cl. The van der Waals surface area contributed by atoms with E-state index in [0.717, 1.165) is 19.4 Å². The molecule has 2 atom stereocenters. The normalized spacial score (nSPS) is 21.1. The van der Waals surface area contributed by atoms with Gasteiger partial charge in [0.15, 0.2) is 5.82 Å². The van der Waals surface area contributed by atoms with Crippen LogP contribution in [0.4, 0.5) is 5.82 Å². The van der Waals surface area contributed by atoms with Crippen molar-refractivity contribution in [1.29, 1.82) is 0 Å². The van der Waals surface area contributed by atoms with Crippen LogP contribution in [0.25, 0.3) is 0 Å². The fourth-order valence-electron chi connectivity index (χ4n) is 2.60. The Morgan fingerprint density at radius 2 is 2.40 bits per heavy atom. The van der Waals surface area contributed by atoms with Crippen LogP contribution >= 0.6 is 12.4 Å². The summed E-state index contributed by atoms with van der Waals surface area (Å²) in [5, 5.41) is 6.50. The van der Waals surface area contributed by atoms with Crippen molar-refractivity contribution >= 4 is 24.1 Å². The first kappa shape index (κ1) is 16.9. The van der Waals surface area contributed by atoms with Crippen molar-refractivity contribution in [3.8, 4) is 0 Å². The van der Waals surface area contributed by atoms with Crippen LogP contribution in [0.2, 0.25) is 0 Å². The van der Waals surface area contributed by atoms with Crippen molar-refractivity contribution in [3.63, 3.8) is 0 Å². The van der Waals surface area contributed by atoms with Gasteiger partial charge in [0.05, 0.1) is 6.54 Å². The Bertz CT molecular complexity index is 436. The van der Waals surface area contributed by atoms with E-state index >= 15 is 0 Å². The van der Waals surface area contributed by atoms with E-state index in [9.17, 15) is 4.79 Å².